The predicted octanol–water partition coefficient (Wildman–Crippen LogP) is 2.24. The van der Waals surface area contributed by atoms with Gasteiger partial charge in [0.15, 0.2) is 21.8 Å². The summed E-state index contributed by atoms with van der Waals surface area (Å²) in [5, 5.41) is 17.0. The van der Waals surface area contributed by atoms with Crippen molar-refractivity contribution in [2.45, 2.75) is 22.4 Å². The lowest BCUT2D eigenvalue weighted by Crippen LogP contribution is -2.74. The monoisotopic (exact) mass is 629 g/mol. The van der Waals surface area contributed by atoms with Gasteiger partial charge in [-0.25, -0.2) is 9.78 Å². The van der Waals surface area contributed by atoms with E-state index in [2.05, 4.69) is 15.5 Å². The Labute approximate surface area is 252 Å². The van der Waals surface area contributed by atoms with Gasteiger partial charge >= 0.3 is 11.9 Å². The number of nitrogens with two attached hydrogens (primary N) is 1. The minimum Gasteiger partial charge on any atom is -0.480 e. The summed E-state index contributed by atoms with van der Waals surface area (Å²) in [7, 11) is 0. The van der Waals surface area contributed by atoms with Gasteiger partial charge in [0.2, 0.25) is 12.5 Å². The maximum absolute atomic E-state index is 13.2. The molecule has 2 aromatic carbocycles. The number of oxime groups is 1. The summed E-state index contributed by atoms with van der Waals surface area (Å²) in [5.41, 5.74) is 7.03. The van der Waals surface area contributed by atoms with Crippen LogP contribution in [0.4, 0.5) is 5.13 Å². The summed E-state index contributed by atoms with van der Waals surface area (Å²) in [5.74, 6) is -3.19. The number of nitrogens with zero attached hydrogens (tertiary/aromatic N) is 3. The number of carbonyl (C=O) groups is 4. The fourth-order valence-corrected chi connectivity index (χ4v) is 6.63. The molecule has 2 unspecified atom stereocenters. The number of carbonyl (C=O) groups excluding carboxylic acids is 3. The SMILES string of the molecule is Nc1nc(C(=NOCC(=O)OC(c2ccccc2)c2ccccc2)C(=O)NC2C(=O)N3CC(Cl)(C(=O)O)CS[C@H]23)cs1. The highest BCUT2D eigenvalue weighted by Gasteiger charge is 2.57. The average Bonchev–Trinajstić information content (AvgIpc) is 3.43. The third-order valence-corrected chi connectivity index (χ3v) is 9.26. The number of anilines is 1. The van der Waals surface area contributed by atoms with Gasteiger partial charge in [-0.2, -0.15) is 0 Å². The molecule has 5 rings (SSSR count). The molecule has 0 bridgehead atoms. The standard InChI is InChI=1S/C27H24ClN5O7S2/c28-27(25(37)38)13-33-23(36)20(24(33)42-14-27)31-22(35)19(17-12-41-26(29)30-17)32-39-11-18(34)40-21(15-7-3-1-4-8-15)16-9-5-2-6-10-16/h1-10,12,20-21,24H,11,13-14H2,(H2,29,30)(H,31,35)(H,37,38)/t20?,24-,27?/m1/s1. The first-order chi connectivity index (χ1) is 20.2. The van der Waals surface area contributed by atoms with Gasteiger partial charge in [-0.3, -0.25) is 14.4 Å². The Morgan fingerprint density at radius 2 is 1.81 bits per heavy atom. The third kappa shape index (κ3) is 6.20. The zero-order valence-corrected chi connectivity index (χ0v) is 24.1. The number of thiazole rings is 1. The number of esters is 1. The van der Waals surface area contributed by atoms with Crippen LogP contribution in [-0.4, -0.2) is 79.6 Å². The number of rotatable bonds is 10. The molecule has 42 heavy (non-hydrogen) atoms. The lowest BCUT2D eigenvalue weighted by molar-refractivity contribution is -0.153. The molecule has 218 valence electrons. The van der Waals surface area contributed by atoms with Crippen molar-refractivity contribution in [3.05, 3.63) is 82.9 Å². The van der Waals surface area contributed by atoms with E-state index >= 15 is 0 Å². The summed E-state index contributed by atoms with van der Waals surface area (Å²) in [6.07, 6.45) is -0.693. The zero-order valence-electron chi connectivity index (χ0n) is 21.7. The van der Waals surface area contributed by atoms with Gasteiger partial charge in [-0.05, 0) is 11.1 Å². The Bertz CT molecular complexity index is 1480. The number of fused-ring (bicyclic) bond motifs is 1. The molecule has 2 aliphatic heterocycles. The summed E-state index contributed by atoms with van der Waals surface area (Å²) in [6, 6.07) is 17.4. The number of benzene rings is 2. The second-order valence-electron chi connectivity index (χ2n) is 9.36. The number of thioether (sulfide) groups is 1. The van der Waals surface area contributed by atoms with Crippen LogP contribution in [0.25, 0.3) is 0 Å². The maximum Gasteiger partial charge on any atom is 0.347 e. The number of β-lactam (4-membered cyclic amide) rings is 1. The summed E-state index contributed by atoms with van der Waals surface area (Å²) in [6.45, 7) is -0.803. The summed E-state index contributed by atoms with van der Waals surface area (Å²) < 4.78 is 5.70. The number of alkyl halides is 1. The second-order valence-corrected chi connectivity index (χ2v) is 12.1. The Morgan fingerprint density at radius 3 is 2.38 bits per heavy atom. The number of nitrogen functional groups attached to an aromatic ring is 1. The fourth-order valence-electron chi connectivity index (χ4n) is 4.38. The number of aliphatic carboxylic acids is 1. The molecule has 1 aromatic heterocycles. The lowest BCUT2D eigenvalue weighted by Gasteiger charge is -2.52. The molecule has 15 heteroatoms. The Hall–Kier alpha value is -4.14. The van der Waals surface area contributed by atoms with Crippen molar-refractivity contribution in [3.8, 4) is 0 Å². The first-order valence-corrected chi connectivity index (χ1v) is 14.8. The maximum atomic E-state index is 13.2. The first-order valence-electron chi connectivity index (χ1n) is 12.5. The molecule has 0 saturated carbocycles. The topological polar surface area (TPSA) is 174 Å². The van der Waals surface area contributed by atoms with Crippen molar-refractivity contribution in [2.24, 2.45) is 5.16 Å². The number of carboxylic acid groups (broad SMARTS) is 1. The molecule has 12 nitrogen and oxygen atoms in total. The summed E-state index contributed by atoms with van der Waals surface area (Å²) >= 11 is 8.36. The highest BCUT2D eigenvalue weighted by atomic mass is 35.5. The molecule has 3 aromatic rings. The molecule has 3 heterocycles. The van der Waals surface area contributed by atoms with E-state index in [0.29, 0.717) is 0 Å². The van der Waals surface area contributed by atoms with Gasteiger partial charge in [-0.1, -0.05) is 65.8 Å². The fraction of sp³-hybridized carbons (Fsp3) is 0.259. The van der Waals surface area contributed by atoms with Crippen molar-refractivity contribution >= 4 is 69.3 Å². The van der Waals surface area contributed by atoms with E-state index in [0.717, 1.165) is 34.2 Å². The van der Waals surface area contributed by atoms with Crippen LogP contribution in [0.15, 0.2) is 71.2 Å². The van der Waals surface area contributed by atoms with Crippen molar-refractivity contribution in [2.75, 3.05) is 24.6 Å². The highest BCUT2D eigenvalue weighted by Crippen LogP contribution is 2.41. The Balaban J connectivity index is 1.26. The van der Waals surface area contributed by atoms with Crippen LogP contribution in [0.5, 0.6) is 0 Å². The molecule has 2 fully saturated rings. The van der Waals surface area contributed by atoms with E-state index in [9.17, 15) is 24.3 Å². The largest absolute Gasteiger partial charge is 0.480 e. The number of amides is 2. The third-order valence-electron chi connectivity index (χ3n) is 6.49. The van der Waals surface area contributed by atoms with E-state index < -0.39 is 52.8 Å². The molecule has 3 atom stereocenters. The number of aromatic nitrogens is 1. The molecule has 4 N–H and O–H groups in total. The smallest absolute Gasteiger partial charge is 0.347 e. The van der Waals surface area contributed by atoms with Gasteiger partial charge in [0.05, 0.1) is 6.54 Å². The minimum atomic E-state index is -1.60. The molecule has 2 amide bonds. The molecular formula is C27H24ClN5O7S2. The van der Waals surface area contributed by atoms with Crippen LogP contribution in [0.2, 0.25) is 0 Å². The van der Waals surface area contributed by atoms with E-state index in [4.69, 9.17) is 26.9 Å². The van der Waals surface area contributed by atoms with Gasteiger partial charge in [0.25, 0.3) is 5.91 Å². The number of nitrogens with one attached hydrogen (secondary N) is 1. The number of hydrogen-bond acceptors (Lipinski definition) is 11. The Morgan fingerprint density at radius 1 is 1.17 bits per heavy atom. The average molecular weight is 630 g/mol. The van der Waals surface area contributed by atoms with Crippen LogP contribution < -0.4 is 11.1 Å². The highest BCUT2D eigenvalue weighted by molar-refractivity contribution is 8.00. The van der Waals surface area contributed by atoms with Crippen LogP contribution in [0.3, 0.4) is 0 Å². The van der Waals surface area contributed by atoms with Gasteiger partial charge in [0, 0.05) is 11.1 Å². The van der Waals surface area contributed by atoms with Crippen LogP contribution in [0.1, 0.15) is 22.9 Å². The molecular weight excluding hydrogens is 606 g/mol. The van der Waals surface area contributed by atoms with E-state index in [1.165, 1.54) is 10.3 Å². The molecule has 0 radical (unpaired) electrons. The normalized spacial score (nSPS) is 21.7. The predicted molar refractivity (Wildman–Crippen MR) is 156 cm³/mol. The summed E-state index contributed by atoms with van der Waals surface area (Å²) in [4.78, 5) is 59.2. The van der Waals surface area contributed by atoms with Gasteiger partial charge in [0.1, 0.15) is 17.1 Å². The first kappa shape index (κ1) is 29.4. The number of carboxylic acids is 1. The number of ether oxygens (including phenoxy) is 1. The quantitative estimate of drug-likeness (QED) is 0.0992. The number of hydrogen-bond donors (Lipinski definition) is 3. The number of halogens is 1. The van der Waals surface area contributed by atoms with E-state index in [1.807, 2.05) is 60.7 Å². The lowest BCUT2D eigenvalue weighted by atomic mass is 10.0. The van der Waals surface area contributed by atoms with Gasteiger partial charge in [-0.15, -0.1) is 34.7 Å². The van der Waals surface area contributed by atoms with E-state index in [-0.39, 0.29) is 28.8 Å². The van der Waals surface area contributed by atoms with Crippen molar-refractivity contribution in [1.29, 1.82) is 0 Å². The van der Waals surface area contributed by atoms with Crippen molar-refractivity contribution < 1.29 is 33.9 Å². The molecule has 0 aliphatic carbocycles. The van der Waals surface area contributed by atoms with Crippen LogP contribution in [-0.2, 0) is 28.8 Å². The Kier molecular flexibility index (Phi) is 8.66. The molecule has 2 saturated heterocycles. The molecule has 0 spiro atoms. The zero-order chi connectivity index (χ0) is 29.9. The van der Waals surface area contributed by atoms with E-state index in [1.54, 1.807) is 0 Å². The second kappa shape index (κ2) is 12.4. The van der Waals surface area contributed by atoms with Gasteiger partial charge < -0.3 is 30.6 Å². The van der Waals surface area contributed by atoms with Crippen molar-refractivity contribution in [1.82, 2.24) is 15.2 Å². The molecule has 2 aliphatic rings. The van der Waals surface area contributed by atoms with Crippen LogP contribution in [0, 0.1) is 0 Å². The van der Waals surface area contributed by atoms with Crippen LogP contribution >= 0.6 is 34.7 Å². The minimum absolute atomic E-state index is 0.0481. The van der Waals surface area contributed by atoms with Crippen molar-refractivity contribution in [3.63, 3.8) is 0 Å².